The van der Waals surface area contributed by atoms with Crippen molar-refractivity contribution in [2.45, 2.75) is 13.5 Å². The summed E-state index contributed by atoms with van der Waals surface area (Å²) in [5.74, 6) is 0.0604. The van der Waals surface area contributed by atoms with Crippen LogP contribution in [-0.4, -0.2) is 23.0 Å². The summed E-state index contributed by atoms with van der Waals surface area (Å²) in [6.07, 6.45) is 7.31. The molecule has 0 aliphatic heterocycles. The molecule has 0 fully saturated rings. The summed E-state index contributed by atoms with van der Waals surface area (Å²) in [5, 5.41) is 3.51. The van der Waals surface area contributed by atoms with E-state index in [1.807, 2.05) is 13.0 Å². The van der Waals surface area contributed by atoms with E-state index >= 15 is 0 Å². The largest absolute Gasteiger partial charge is 0.350 e. The minimum Gasteiger partial charge on any atom is -0.350 e. The SMILES string of the molecule is C#Cc1cc(C)cc(P(=O)(OC)c2c(C(=O)NCc3c(F)cncc3F)[nH]c3ccc(I)cc23)c1. The van der Waals surface area contributed by atoms with Crippen molar-refractivity contribution in [3.05, 3.63) is 86.4 Å². The Balaban J connectivity index is 1.88. The molecule has 2 aromatic heterocycles. The molecule has 0 aliphatic carbocycles. The van der Waals surface area contributed by atoms with Crippen molar-refractivity contribution in [1.29, 1.82) is 0 Å². The fourth-order valence-electron chi connectivity index (χ4n) is 3.83. The lowest BCUT2D eigenvalue weighted by atomic mass is 10.1. The Labute approximate surface area is 214 Å². The molecule has 6 nitrogen and oxygen atoms in total. The van der Waals surface area contributed by atoms with E-state index in [4.69, 9.17) is 10.9 Å². The Bertz CT molecular complexity index is 1540. The number of halogens is 3. The summed E-state index contributed by atoms with van der Waals surface area (Å²) >= 11 is 2.11. The summed E-state index contributed by atoms with van der Waals surface area (Å²) in [6, 6.07) is 10.4. The maximum atomic E-state index is 14.5. The van der Waals surface area contributed by atoms with Crippen LogP contribution >= 0.6 is 30.0 Å². The number of hydrogen-bond donors (Lipinski definition) is 2. The third kappa shape index (κ3) is 4.74. The van der Waals surface area contributed by atoms with Gasteiger partial charge in [0.1, 0.15) is 17.3 Å². The first-order chi connectivity index (χ1) is 16.7. The van der Waals surface area contributed by atoms with Crippen LogP contribution in [0.1, 0.15) is 27.2 Å². The van der Waals surface area contributed by atoms with Gasteiger partial charge in [0.25, 0.3) is 13.3 Å². The highest BCUT2D eigenvalue weighted by Crippen LogP contribution is 2.47. The van der Waals surface area contributed by atoms with Gasteiger partial charge >= 0.3 is 0 Å². The molecule has 2 aromatic carbocycles. The van der Waals surface area contributed by atoms with E-state index in [2.05, 4.69) is 43.8 Å². The standard InChI is InChI=1S/C25H19F2IN3O3P/c1-4-15-7-14(2)8-17(9-15)35(33,34-3)24-18-10-16(28)5-6-22(18)31-23(24)25(32)30-11-19-20(26)12-29-13-21(19)27/h1,5-10,12-13,31H,11H2,2-3H3,(H,30,32). The molecule has 2 heterocycles. The van der Waals surface area contributed by atoms with Gasteiger partial charge in [0.15, 0.2) is 0 Å². The highest BCUT2D eigenvalue weighted by Gasteiger charge is 2.36. The van der Waals surface area contributed by atoms with Crippen LogP contribution in [0.2, 0.25) is 0 Å². The summed E-state index contributed by atoms with van der Waals surface area (Å²) < 4.78 is 49.0. The van der Waals surface area contributed by atoms with Crippen molar-refractivity contribution in [2.75, 3.05) is 7.11 Å². The molecule has 10 heteroatoms. The molecule has 2 N–H and O–H groups in total. The number of amides is 1. The van der Waals surface area contributed by atoms with E-state index in [1.165, 1.54) is 7.11 Å². The molecule has 1 unspecified atom stereocenters. The second-order valence-corrected chi connectivity index (χ2v) is 11.4. The van der Waals surface area contributed by atoms with Crippen LogP contribution in [0.15, 0.2) is 48.8 Å². The second-order valence-electron chi connectivity index (χ2n) is 7.74. The number of aromatic nitrogens is 2. The molecule has 35 heavy (non-hydrogen) atoms. The number of terminal acetylenes is 1. The van der Waals surface area contributed by atoms with Gasteiger partial charge in [-0.1, -0.05) is 5.92 Å². The molecular weight excluding hydrogens is 586 g/mol. The monoisotopic (exact) mass is 605 g/mol. The zero-order valence-corrected chi connectivity index (χ0v) is 21.7. The van der Waals surface area contributed by atoms with Crippen LogP contribution in [0, 0.1) is 34.5 Å². The Morgan fingerprint density at radius 2 is 1.94 bits per heavy atom. The van der Waals surface area contributed by atoms with Gasteiger partial charge in [0.2, 0.25) is 0 Å². The highest BCUT2D eigenvalue weighted by molar-refractivity contribution is 14.1. The van der Waals surface area contributed by atoms with Crippen LogP contribution in [0.25, 0.3) is 10.9 Å². The lowest BCUT2D eigenvalue weighted by Gasteiger charge is -2.19. The topological polar surface area (TPSA) is 84.1 Å². The average Bonchev–Trinajstić information content (AvgIpc) is 3.22. The number of nitrogens with zero attached hydrogens (tertiary/aromatic N) is 1. The fourth-order valence-corrected chi connectivity index (χ4v) is 6.61. The first kappa shape index (κ1) is 25.0. The molecular formula is C25H19F2IN3O3P. The van der Waals surface area contributed by atoms with E-state index in [9.17, 15) is 18.1 Å². The maximum absolute atomic E-state index is 14.5. The number of aromatic amines is 1. The molecule has 0 spiro atoms. The zero-order chi connectivity index (χ0) is 25.3. The summed E-state index contributed by atoms with van der Waals surface area (Å²) in [7, 11) is -2.54. The Kier molecular flexibility index (Phi) is 7.08. The van der Waals surface area contributed by atoms with Gasteiger partial charge in [0, 0.05) is 44.6 Å². The third-order valence-electron chi connectivity index (χ3n) is 5.46. The van der Waals surface area contributed by atoms with E-state index in [-0.39, 0.29) is 16.6 Å². The van der Waals surface area contributed by atoms with E-state index in [1.54, 1.807) is 30.3 Å². The Morgan fingerprint density at radius 1 is 1.23 bits per heavy atom. The lowest BCUT2D eigenvalue weighted by molar-refractivity contribution is 0.0947. The van der Waals surface area contributed by atoms with Gasteiger partial charge in [-0.3, -0.25) is 14.3 Å². The predicted octanol–water partition coefficient (Wildman–Crippen LogP) is 4.54. The van der Waals surface area contributed by atoms with Gasteiger partial charge in [-0.2, -0.15) is 0 Å². The molecule has 0 saturated heterocycles. The number of benzene rings is 2. The zero-order valence-electron chi connectivity index (χ0n) is 18.7. The molecule has 1 amide bonds. The van der Waals surface area contributed by atoms with Gasteiger partial charge in [-0.05, 0) is 71.5 Å². The number of aryl methyl sites for hydroxylation is 1. The number of fused-ring (bicyclic) bond motifs is 1. The van der Waals surface area contributed by atoms with Gasteiger partial charge in [-0.15, -0.1) is 6.42 Å². The molecule has 4 rings (SSSR count). The highest BCUT2D eigenvalue weighted by atomic mass is 127. The van der Waals surface area contributed by atoms with Crippen LogP contribution < -0.4 is 15.9 Å². The van der Waals surface area contributed by atoms with Crippen LogP contribution in [0.4, 0.5) is 8.78 Å². The van der Waals surface area contributed by atoms with Gasteiger partial charge in [0.05, 0.1) is 17.7 Å². The molecule has 0 saturated carbocycles. The minimum atomic E-state index is -3.84. The normalized spacial score (nSPS) is 12.8. The maximum Gasteiger partial charge on any atom is 0.268 e. The number of nitrogens with one attached hydrogen (secondary N) is 2. The summed E-state index contributed by atoms with van der Waals surface area (Å²) in [4.78, 5) is 19.7. The van der Waals surface area contributed by atoms with Gasteiger partial charge < -0.3 is 14.8 Å². The Hall–Kier alpha value is -3.06. The lowest BCUT2D eigenvalue weighted by Crippen LogP contribution is -2.30. The van der Waals surface area contributed by atoms with E-state index < -0.39 is 31.5 Å². The van der Waals surface area contributed by atoms with Crippen LogP contribution in [-0.2, 0) is 15.6 Å². The number of H-pyrrole nitrogens is 1. The number of rotatable bonds is 6. The second kappa shape index (κ2) is 9.90. The van der Waals surface area contributed by atoms with E-state index in [0.717, 1.165) is 21.5 Å². The van der Waals surface area contributed by atoms with Gasteiger partial charge in [-0.25, -0.2) is 8.78 Å². The molecule has 4 aromatic rings. The molecule has 178 valence electrons. The Morgan fingerprint density at radius 3 is 2.60 bits per heavy atom. The molecule has 0 aliphatic rings. The van der Waals surface area contributed by atoms with Crippen molar-refractivity contribution >= 4 is 57.4 Å². The van der Waals surface area contributed by atoms with Crippen molar-refractivity contribution in [1.82, 2.24) is 15.3 Å². The van der Waals surface area contributed by atoms with Crippen molar-refractivity contribution < 1.29 is 22.7 Å². The van der Waals surface area contributed by atoms with Crippen LogP contribution in [0.3, 0.4) is 0 Å². The van der Waals surface area contributed by atoms with Crippen molar-refractivity contribution in [3.8, 4) is 12.3 Å². The van der Waals surface area contributed by atoms with E-state index in [0.29, 0.717) is 21.8 Å². The van der Waals surface area contributed by atoms with Crippen molar-refractivity contribution in [2.24, 2.45) is 0 Å². The van der Waals surface area contributed by atoms with Crippen LogP contribution in [0.5, 0.6) is 0 Å². The molecule has 0 bridgehead atoms. The first-order valence-corrected chi connectivity index (χ1v) is 13.0. The first-order valence-electron chi connectivity index (χ1n) is 10.3. The van der Waals surface area contributed by atoms with Crippen molar-refractivity contribution in [3.63, 3.8) is 0 Å². The molecule has 1 atom stereocenters. The summed E-state index contributed by atoms with van der Waals surface area (Å²) in [5.41, 5.74) is 1.46. The number of pyridine rings is 1. The predicted molar refractivity (Wildman–Crippen MR) is 139 cm³/mol. The minimum absolute atomic E-state index is 0.0363. The number of hydrogen-bond acceptors (Lipinski definition) is 4. The fraction of sp³-hybridized carbons (Fsp3) is 0.120. The summed E-state index contributed by atoms with van der Waals surface area (Å²) in [6.45, 7) is 1.38. The smallest absolute Gasteiger partial charge is 0.268 e. The molecule has 0 radical (unpaired) electrons. The average molecular weight is 605 g/mol. The quantitative estimate of drug-likeness (QED) is 0.192. The third-order valence-corrected chi connectivity index (χ3v) is 8.64. The number of carbonyl (C=O) groups excluding carboxylic acids is 1. The number of carbonyl (C=O) groups is 1.